The van der Waals surface area contributed by atoms with Gasteiger partial charge in [0.25, 0.3) is 0 Å². The van der Waals surface area contributed by atoms with E-state index in [1.165, 1.54) is 0 Å². The van der Waals surface area contributed by atoms with Crippen LogP contribution in [0.2, 0.25) is 0 Å². The molecule has 0 unspecified atom stereocenters. The predicted molar refractivity (Wildman–Crippen MR) is 98.5 cm³/mol. The van der Waals surface area contributed by atoms with E-state index in [2.05, 4.69) is 10.6 Å². The Morgan fingerprint density at radius 3 is 2.12 bits per heavy atom. The van der Waals surface area contributed by atoms with Crippen molar-refractivity contribution >= 4 is 11.8 Å². The van der Waals surface area contributed by atoms with E-state index < -0.39 is 0 Å². The summed E-state index contributed by atoms with van der Waals surface area (Å²) in [7, 11) is 1.66. The lowest BCUT2D eigenvalue weighted by molar-refractivity contribution is -0.130. The SMILES string of the molecule is CCCNC(=O)C1CCC(C(=O)NCCc2ccccc2OC)CC1. The van der Waals surface area contributed by atoms with Crippen LogP contribution in [-0.2, 0) is 16.0 Å². The Labute approximate surface area is 150 Å². The molecule has 138 valence electrons. The number of methoxy groups -OCH3 is 1. The average Bonchev–Trinajstić information content (AvgIpc) is 2.66. The lowest BCUT2D eigenvalue weighted by atomic mass is 9.81. The second-order valence-corrected chi connectivity index (χ2v) is 6.69. The first-order valence-electron chi connectivity index (χ1n) is 9.33. The van der Waals surface area contributed by atoms with Gasteiger partial charge in [0, 0.05) is 24.9 Å². The number of amides is 2. The van der Waals surface area contributed by atoms with Gasteiger partial charge in [-0.05, 0) is 50.2 Å². The van der Waals surface area contributed by atoms with Gasteiger partial charge in [0.05, 0.1) is 7.11 Å². The predicted octanol–water partition coefficient (Wildman–Crippen LogP) is 2.69. The van der Waals surface area contributed by atoms with Crippen molar-refractivity contribution in [2.24, 2.45) is 11.8 Å². The van der Waals surface area contributed by atoms with Crippen LogP contribution in [0.25, 0.3) is 0 Å². The first-order valence-corrected chi connectivity index (χ1v) is 9.33. The third-order valence-electron chi connectivity index (χ3n) is 4.90. The van der Waals surface area contributed by atoms with Gasteiger partial charge < -0.3 is 15.4 Å². The maximum absolute atomic E-state index is 12.3. The molecule has 0 saturated heterocycles. The van der Waals surface area contributed by atoms with Crippen LogP contribution in [0, 0.1) is 11.8 Å². The number of carbonyl (C=O) groups excluding carboxylic acids is 2. The Balaban J connectivity index is 1.71. The molecule has 1 fully saturated rings. The van der Waals surface area contributed by atoms with Crippen LogP contribution in [0.4, 0.5) is 0 Å². The molecule has 1 aromatic rings. The van der Waals surface area contributed by atoms with E-state index in [0.29, 0.717) is 6.54 Å². The van der Waals surface area contributed by atoms with Crippen LogP contribution in [0.15, 0.2) is 24.3 Å². The second kappa shape index (κ2) is 10.1. The van der Waals surface area contributed by atoms with Crippen molar-refractivity contribution in [3.63, 3.8) is 0 Å². The van der Waals surface area contributed by atoms with E-state index >= 15 is 0 Å². The van der Waals surface area contributed by atoms with Crippen LogP contribution in [-0.4, -0.2) is 32.0 Å². The molecule has 1 aliphatic rings. The summed E-state index contributed by atoms with van der Waals surface area (Å²) in [6.45, 7) is 3.39. The Morgan fingerprint density at radius 1 is 1.00 bits per heavy atom. The number of hydrogen-bond acceptors (Lipinski definition) is 3. The van der Waals surface area contributed by atoms with Crippen LogP contribution in [0.3, 0.4) is 0 Å². The minimum Gasteiger partial charge on any atom is -0.496 e. The molecule has 0 aliphatic heterocycles. The van der Waals surface area contributed by atoms with Gasteiger partial charge in [0.15, 0.2) is 0 Å². The van der Waals surface area contributed by atoms with Gasteiger partial charge in [-0.3, -0.25) is 9.59 Å². The summed E-state index contributed by atoms with van der Waals surface area (Å²) in [6.07, 6.45) is 4.91. The van der Waals surface area contributed by atoms with Gasteiger partial charge >= 0.3 is 0 Å². The lowest BCUT2D eigenvalue weighted by Gasteiger charge is -2.27. The molecule has 1 aliphatic carbocycles. The molecule has 0 heterocycles. The summed E-state index contributed by atoms with van der Waals surface area (Å²) in [5, 5.41) is 5.99. The Morgan fingerprint density at radius 2 is 1.56 bits per heavy atom. The van der Waals surface area contributed by atoms with Gasteiger partial charge in [-0.25, -0.2) is 0 Å². The Hall–Kier alpha value is -2.04. The zero-order chi connectivity index (χ0) is 18.1. The maximum Gasteiger partial charge on any atom is 0.223 e. The number of nitrogens with one attached hydrogen (secondary N) is 2. The molecule has 1 saturated carbocycles. The van der Waals surface area contributed by atoms with E-state index in [9.17, 15) is 9.59 Å². The highest BCUT2D eigenvalue weighted by Gasteiger charge is 2.29. The van der Waals surface area contributed by atoms with Crippen molar-refractivity contribution in [2.45, 2.75) is 45.4 Å². The highest BCUT2D eigenvalue weighted by Crippen LogP contribution is 2.29. The van der Waals surface area contributed by atoms with Gasteiger partial charge in [-0.1, -0.05) is 25.1 Å². The molecule has 0 atom stereocenters. The summed E-state index contributed by atoms with van der Waals surface area (Å²) < 4.78 is 5.33. The number of benzene rings is 1. The van der Waals surface area contributed by atoms with Crippen LogP contribution >= 0.6 is 0 Å². The van der Waals surface area contributed by atoms with Crippen molar-refractivity contribution in [3.8, 4) is 5.75 Å². The van der Waals surface area contributed by atoms with Crippen molar-refractivity contribution < 1.29 is 14.3 Å². The highest BCUT2D eigenvalue weighted by atomic mass is 16.5. The molecule has 2 N–H and O–H groups in total. The fourth-order valence-electron chi connectivity index (χ4n) is 3.38. The smallest absolute Gasteiger partial charge is 0.223 e. The van der Waals surface area contributed by atoms with Gasteiger partial charge in [-0.15, -0.1) is 0 Å². The third-order valence-corrected chi connectivity index (χ3v) is 4.90. The fraction of sp³-hybridized carbons (Fsp3) is 0.600. The number of carbonyl (C=O) groups is 2. The number of para-hydroxylation sites is 1. The van der Waals surface area contributed by atoms with E-state index in [4.69, 9.17) is 4.74 Å². The molecule has 0 bridgehead atoms. The Bertz CT molecular complexity index is 566. The Kier molecular flexibility index (Phi) is 7.76. The molecular weight excluding hydrogens is 316 g/mol. The van der Waals surface area contributed by atoms with E-state index in [-0.39, 0.29) is 23.7 Å². The van der Waals surface area contributed by atoms with Crippen LogP contribution < -0.4 is 15.4 Å². The molecule has 0 radical (unpaired) electrons. The second-order valence-electron chi connectivity index (χ2n) is 6.69. The summed E-state index contributed by atoms with van der Waals surface area (Å²) >= 11 is 0. The van der Waals surface area contributed by atoms with Crippen molar-refractivity contribution in [1.29, 1.82) is 0 Å². The molecule has 2 amide bonds. The molecule has 5 nitrogen and oxygen atoms in total. The quantitative estimate of drug-likeness (QED) is 0.760. The number of ether oxygens (including phenoxy) is 1. The average molecular weight is 346 g/mol. The standard InChI is InChI=1S/C20H30N2O3/c1-3-13-21-19(23)16-8-10-17(11-9-16)20(24)22-14-12-15-6-4-5-7-18(15)25-2/h4-7,16-17H,3,8-14H2,1-2H3,(H,21,23)(H,22,24). The minimum absolute atomic E-state index is 0.0351. The van der Waals surface area contributed by atoms with E-state index in [1.54, 1.807) is 7.11 Å². The monoisotopic (exact) mass is 346 g/mol. The fourth-order valence-corrected chi connectivity index (χ4v) is 3.38. The largest absolute Gasteiger partial charge is 0.496 e. The first-order chi connectivity index (χ1) is 12.2. The number of rotatable bonds is 8. The lowest BCUT2D eigenvalue weighted by Crippen LogP contribution is -2.38. The summed E-state index contributed by atoms with van der Waals surface area (Å²) in [5.41, 5.74) is 1.10. The molecule has 1 aromatic carbocycles. The normalized spacial score (nSPS) is 19.9. The summed E-state index contributed by atoms with van der Waals surface area (Å²) in [6, 6.07) is 7.87. The third kappa shape index (κ3) is 5.76. The van der Waals surface area contributed by atoms with Gasteiger partial charge in [0.2, 0.25) is 11.8 Å². The zero-order valence-electron chi connectivity index (χ0n) is 15.3. The minimum atomic E-state index is 0.0351. The number of hydrogen-bond donors (Lipinski definition) is 2. The van der Waals surface area contributed by atoms with Crippen molar-refractivity contribution in [3.05, 3.63) is 29.8 Å². The summed E-state index contributed by atoms with van der Waals surface area (Å²) in [4.78, 5) is 24.3. The summed E-state index contributed by atoms with van der Waals surface area (Å²) in [5.74, 6) is 1.23. The zero-order valence-corrected chi connectivity index (χ0v) is 15.3. The topological polar surface area (TPSA) is 67.4 Å². The maximum atomic E-state index is 12.3. The van der Waals surface area contributed by atoms with E-state index in [1.807, 2.05) is 31.2 Å². The van der Waals surface area contributed by atoms with Gasteiger partial charge in [0.1, 0.15) is 5.75 Å². The van der Waals surface area contributed by atoms with Crippen molar-refractivity contribution in [1.82, 2.24) is 10.6 Å². The highest BCUT2D eigenvalue weighted by molar-refractivity contribution is 5.81. The van der Waals surface area contributed by atoms with Crippen LogP contribution in [0.1, 0.15) is 44.6 Å². The molecule has 0 aromatic heterocycles. The van der Waals surface area contributed by atoms with Gasteiger partial charge in [-0.2, -0.15) is 0 Å². The van der Waals surface area contributed by atoms with E-state index in [0.717, 1.165) is 56.4 Å². The van der Waals surface area contributed by atoms with Crippen LogP contribution in [0.5, 0.6) is 5.75 Å². The molecule has 5 heteroatoms. The first kappa shape index (κ1) is 19.3. The molecule has 2 rings (SSSR count). The molecular formula is C20H30N2O3. The molecule has 0 spiro atoms. The molecule has 25 heavy (non-hydrogen) atoms. The van der Waals surface area contributed by atoms with Crippen molar-refractivity contribution in [2.75, 3.05) is 20.2 Å².